The van der Waals surface area contributed by atoms with Gasteiger partial charge in [0.25, 0.3) is 0 Å². The normalized spacial score (nSPS) is 28.0. The number of nitrogens with zero attached hydrogens (tertiary/aromatic N) is 2. The van der Waals surface area contributed by atoms with Crippen molar-refractivity contribution >= 4 is 11.8 Å². The second kappa shape index (κ2) is 5.64. The van der Waals surface area contributed by atoms with E-state index in [2.05, 4.69) is 11.4 Å². The Kier molecular flexibility index (Phi) is 3.85. The SMILES string of the molecule is N#CC1(NC(=O)C2CCCN2C(=O)C2CCOCC2)CC1. The number of rotatable bonds is 3. The predicted octanol–water partition coefficient (Wildman–Crippen LogP) is 0.576. The zero-order valence-electron chi connectivity index (χ0n) is 12.1. The van der Waals surface area contributed by atoms with Crippen molar-refractivity contribution in [3.8, 4) is 6.07 Å². The third-order valence-corrected chi connectivity index (χ3v) is 4.74. The van der Waals surface area contributed by atoms with E-state index in [1.807, 2.05) is 0 Å². The van der Waals surface area contributed by atoms with E-state index in [1.165, 1.54) is 0 Å². The summed E-state index contributed by atoms with van der Waals surface area (Å²) in [6, 6.07) is 1.77. The molecule has 1 atom stereocenters. The van der Waals surface area contributed by atoms with Gasteiger partial charge in [0.2, 0.25) is 11.8 Å². The van der Waals surface area contributed by atoms with Crippen LogP contribution >= 0.6 is 0 Å². The average molecular weight is 291 g/mol. The van der Waals surface area contributed by atoms with Crippen LogP contribution in [0.3, 0.4) is 0 Å². The average Bonchev–Trinajstić information content (AvgIpc) is 3.12. The molecule has 6 heteroatoms. The largest absolute Gasteiger partial charge is 0.381 e. The summed E-state index contributed by atoms with van der Waals surface area (Å²) in [5, 5.41) is 11.9. The number of hydrogen-bond acceptors (Lipinski definition) is 4. The number of nitrogens with one attached hydrogen (secondary N) is 1. The van der Waals surface area contributed by atoms with Gasteiger partial charge in [-0.1, -0.05) is 0 Å². The van der Waals surface area contributed by atoms with Gasteiger partial charge in [-0.2, -0.15) is 5.26 Å². The molecule has 2 amide bonds. The number of hydrogen-bond donors (Lipinski definition) is 1. The van der Waals surface area contributed by atoms with Crippen LogP contribution in [0.2, 0.25) is 0 Å². The Labute approximate surface area is 124 Å². The van der Waals surface area contributed by atoms with Gasteiger partial charge in [0.15, 0.2) is 0 Å². The van der Waals surface area contributed by atoms with Gasteiger partial charge in [0.1, 0.15) is 11.6 Å². The summed E-state index contributed by atoms with van der Waals surface area (Å²) in [5.41, 5.74) is -0.660. The van der Waals surface area contributed by atoms with Gasteiger partial charge in [-0.15, -0.1) is 0 Å². The topological polar surface area (TPSA) is 82.4 Å². The lowest BCUT2D eigenvalue weighted by molar-refractivity contribution is -0.144. The van der Waals surface area contributed by atoms with Crippen molar-refractivity contribution < 1.29 is 14.3 Å². The summed E-state index contributed by atoms with van der Waals surface area (Å²) < 4.78 is 5.29. The first-order valence-corrected chi connectivity index (χ1v) is 7.77. The highest BCUT2D eigenvalue weighted by atomic mass is 16.5. The highest BCUT2D eigenvalue weighted by Gasteiger charge is 2.47. The molecule has 21 heavy (non-hydrogen) atoms. The van der Waals surface area contributed by atoms with Crippen molar-refractivity contribution in [3.05, 3.63) is 0 Å². The third-order valence-electron chi connectivity index (χ3n) is 4.74. The Balaban J connectivity index is 1.63. The third kappa shape index (κ3) is 2.88. The molecule has 1 N–H and O–H groups in total. The molecule has 3 aliphatic rings. The number of ether oxygens (including phenoxy) is 1. The summed E-state index contributed by atoms with van der Waals surface area (Å²) in [6.45, 7) is 1.89. The lowest BCUT2D eigenvalue weighted by Gasteiger charge is -2.30. The van der Waals surface area contributed by atoms with Crippen molar-refractivity contribution in [1.82, 2.24) is 10.2 Å². The number of amides is 2. The van der Waals surface area contributed by atoms with Gasteiger partial charge >= 0.3 is 0 Å². The predicted molar refractivity (Wildman–Crippen MR) is 74.0 cm³/mol. The second-order valence-corrected chi connectivity index (χ2v) is 6.26. The molecule has 0 aromatic rings. The van der Waals surface area contributed by atoms with Gasteiger partial charge < -0.3 is 15.0 Å². The van der Waals surface area contributed by atoms with Crippen molar-refractivity contribution in [1.29, 1.82) is 5.26 Å². The van der Waals surface area contributed by atoms with Crippen molar-refractivity contribution in [2.45, 2.75) is 50.1 Å². The zero-order valence-corrected chi connectivity index (χ0v) is 12.1. The first-order chi connectivity index (χ1) is 10.2. The first kappa shape index (κ1) is 14.3. The number of likely N-dealkylation sites (tertiary alicyclic amines) is 1. The Hall–Kier alpha value is -1.61. The molecule has 2 aliphatic heterocycles. The van der Waals surface area contributed by atoms with E-state index in [0.717, 1.165) is 32.1 Å². The molecule has 0 aromatic carbocycles. The van der Waals surface area contributed by atoms with Gasteiger partial charge in [0, 0.05) is 25.7 Å². The van der Waals surface area contributed by atoms with Crippen LogP contribution in [0.15, 0.2) is 0 Å². The van der Waals surface area contributed by atoms with Crippen molar-refractivity contribution in [2.75, 3.05) is 19.8 Å². The van der Waals surface area contributed by atoms with Gasteiger partial charge in [-0.3, -0.25) is 9.59 Å². The lowest BCUT2D eigenvalue weighted by Crippen LogP contribution is -2.51. The van der Waals surface area contributed by atoms with E-state index in [9.17, 15) is 9.59 Å². The van der Waals surface area contributed by atoms with Crippen LogP contribution in [0, 0.1) is 17.2 Å². The fraction of sp³-hybridized carbons (Fsp3) is 0.800. The maximum atomic E-state index is 12.6. The van der Waals surface area contributed by atoms with Crippen LogP contribution < -0.4 is 5.32 Å². The number of carbonyl (C=O) groups excluding carboxylic acids is 2. The molecule has 1 aliphatic carbocycles. The van der Waals surface area contributed by atoms with E-state index in [0.29, 0.717) is 26.2 Å². The molecule has 1 unspecified atom stereocenters. The van der Waals surface area contributed by atoms with Crippen LogP contribution in [0.1, 0.15) is 38.5 Å². The van der Waals surface area contributed by atoms with Crippen LogP contribution in [0.5, 0.6) is 0 Å². The summed E-state index contributed by atoms with van der Waals surface area (Å²) in [5.74, 6) is -0.0947. The van der Waals surface area contributed by atoms with Crippen LogP contribution in [-0.2, 0) is 14.3 Å². The summed E-state index contributed by atoms with van der Waals surface area (Å²) in [6.07, 6.45) is 4.47. The van der Waals surface area contributed by atoms with E-state index < -0.39 is 11.6 Å². The van der Waals surface area contributed by atoms with E-state index in [4.69, 9.17) is 10.00 Å². The van der Waals surface area contributed by atoms with Crippen LogP contribution in [0.25, 0.3) is 0 Å². The van der Waals surface area contributed by atoms with Crippen LogP contribution in [0.4, 0.5) is 0 Å². The number of carbonyl (C=O) groups is 2. The molecule has 3 fully saturated rings. The monoisotopic (exact) mass is 291 g/mol. The standard InChI is InChI=1S/C15H21N3O3/c16-10-15(5-6-15)17-13(19)12-2-1-7-18(12)14(20)11-3-8-21-9-4-11/h11-12H,1-9H2,(H,17,19). The van der Waals surface area contributed by atoms with Crippen LogP contribution in [-0.4, -0.2) is 48.1 Å². The fourth-order valence-corrected chi connectivity index (χ4v) is 3.19. The summed E-state index contributed by atoms with van der Waals surface area (Å²) >= 11 is 0. The van der Waals surface area contributed by atoms with Gasteiger partial charge in [-0.25, -0.2) is 0 Å². The minimum Gasteiger partial charge on any atom is -0.381 e. The fourth-order valence-electron chi connectivity index (χ4n) is 3.19. The van der Waals surface area contributed by atoms with E-state index >= 15 is 0 Å². The molecular formula is C15H21N3O3. The van der Waals surface area contributed by atoms with Crippen molar-refractivity contribution in [3.63, 3.8) is 0 Å². The first-order valence-electron chi connectivity index (χ1n) is 7.77. The molecule has 0 aromatic heterocycles. The van der Waals surface area contributed by atoms with E-state index in [1.54, 1.807) is 4.90 Å². The molecule has 3 rings (SSSR count). The summed E-state index contributed by atoms with van der Waals surface area (Å²) in [4.78, 5) is 26.7. The second-order valence-electron chi connectivity index (χ2n) is 6.26. The zero-order chi connectivity index (χ0) is 14.9. The Bertz CT molecular complexity index is 475. The minimum absolute atomic E-state index is 0.0157. The molecule has 1 saturated carbocycles. The molecule has 6 nitrogen and oxygen atoms in total. The molecular weight excluding hydrogens is 270 g/mol. The van der Waals surface area contributed by atoms with Crippen molar-refractivity contribution in [2.24, 2.45) is 5.92 Å². The Morgan fingerprint density at radius 2 is 1.95 bits per heavy atom. The smallest absolute Gasteiger partial charge is 0.244 e. The highest BCUT2D eigenvalue weighted by Crippen LogP contribution is 2.35. The Morgan fingerprint density at radius 1 is 1.24 bits per heavy atom. The van der Waals surface area contributed by atoms with Gasteiger partial charge in [-0.05, 0) is 38.5 Å². The number of nitriles is 1. The molecule has 0 bridgehead atoms. The molecule has 0 radical (unpaired) electrons. The maximum absolute atomic E-state index is 12.6. The molecule has 114 valence electrons. The molecule has 2 heterocycles. The minimum atomic E-state index is -0.660. The molecule has 0 spiro atoms. The van der Waals surface area contributed by atoms with E-state index in [-0.39, 0.29) is 17.7 Å². The maximum Gasteiger partial charge on any atom is 0.244 e. The molecule has 2 saturated heterocycles. The highest BCUT2D eigenvalue weighted by molar-refractivity contribution is 5.90. The van der Waals surface area contributed by atoms with Gasteiger partial charge in [0.05, 0.1) is 6.07 Å². The summed E-state index contributed by atoms with van der Waals surface area (Å²) in [7, 11) is 0. The Morgan fingerprint density at radius 3 is 2.57 bits per heavy atom. The lowest BCUT2D eigenvalue weighted by atomic mass is 9.98. The quantitative estimate of drug-likeness (QED) is 0.824.